The third kappa shape index (κ3) is 3.76. The molecule has 1 amide bonds. The monoisotopic (exact) mass is 303 g/mol. The maximum atomic E-state index is 12.3. The van der Waals surface area contributed by atoms with Gasteiger partial charge in [-0.2, -0.15) is 0 Å². The lowest BCUT2D eigenvalue weighted by Gasteiger charge is -2.17. The van der Waals surface area contributed by atoms with E-state index >= 15 is 0 Å². The molecule has 1 atom stereocenters. The van der Waals surface area contributed by atoms with Crippen molar-refractivity contribution >= 4 is 17.5 Å². The van der Waals surface area contributed by atoms with E-state index in [0.29, 0.717) is 11.4 Å². The van der Waals surface area contributed by atoms with E-state index in [1.807, 2.05) is 43.3 Å². The summed E-state index contributed by atoms with van der Waals surface area (Å²) in [6.45, 7) is 1.93. The summed E-state index contributed by atoms with van der Waals surface area (Å²) in [7, 11) is 1.62. The molecule has 0 aromatic heterocycles. The van der Waals surface area contributed by atoms with Crippen LogP contribution in [0.1, 0.15) is 34.5 Å². The van der Waals surface area contributed by atoms with Gasteiger partial charge in [0.2, 0.25) is 0 Å². The highest BCUT2D eigenvalue weighted by Crippen LogP contribution is 2.24. The van der Waals surface area contributed by atoms with Crippen LogP contribution in [0.15, 0.2) is 48.5 Å². The van der Waals surface area contributed by atoms with E-state index in [-0.39, 0.29) is 11.9 Å². The number of benzene rings is 2. The van der Waals surface area contributed by atoms with Gasteiger partial charge in [-0.1, -0.05) is 30.3 Å². The second kappa shape index (κ2) is 7.14. The van der Waals surface area contributed by atoms with Gasteiger partial charge >= 0.3 is 0 Å². The average molecular weight is 304 g/mol. The summed E-state index contributed by atoms with van der Waals surface area (Å²) < 4.78 is 5.32. The van der Waals surface area contributed by atoms with Crippen LogP contribution in [0, 0.1) is 0 Å². The molecule has 0 bridgehead atoms. The number of alkyl halides is 1. The Labute approximate surface area is 129 Å². The molecule has 21 heavy (non-hydrogen) atoms. The minimum absolute atomic E-state index is 0.125. The normalized spacial score (nSPS) is 11.8. The van der Waals surface area contributed by atoms with E-state index in [0.717, 1.165) is 16.9 Å². The van der Waals surface area contributed by atoms with Crippen LogP contribution in [0.4, 0.5) is 0 Å². The summed E-state index contributed by atoms with van der Waals surface area (Å²) in [4.78, 5) is 12.3. The second-order valence-corrected chi connectivity index (χ2v) is 5.04. The highest BCUT2D eigenvalue weighted by molar-refractivity contribution is 6.17. The van der Waals surface area contributed by atoms with Crippen molar-refractivity contribution in [2.24, 2.45) is 0 Å². The molecule has 0 fully saturated rings. The van der Waals surface area contributed by atoms with Gasteiger partial charge in [-0.3, -0.25) is 4.79 Å². The number of hydrogen-bond donors (Lipinski definition) is 1. The lowest BCUT2D eigenvalue weighted by molar-refractivity contribution is 0.0939. The van der Waals surface area contributed by atoms with Gasteiger partial charge < -0.3 is 10.1 Å². The van der Waals surface area contributed by atoms with Crippen molar-refractivity contribution in [1.82, 2.24) is 5.32 Å². The average Bonchev–Trinajstić information content (AvgIpc) is 2.54. The number of para-hydroxylation sites is 1. The first kappa shape index (κ1) is 15.4. The standard InChI is InChI=1S/C17H18ClNO2/c1-12(15-8-3-4-9-16(15)21-2)19-17(20)14-7-5-6-13(10-14)11-18/h3-10,12H,11H2,1-2H3,(H,19,20)/t12-/m1/s1. The molecule has 0 saturated heterocycles. The van der Waals surface area contributed by atoms with Crippen LogP contribution in [-0.2, 0) is 5.88 Å². The van der Waals surface area contributed by atoms with Crippen LogP contribution < -0.4 is 10.1 Å². The van der Waals surface area contributed by atoms with Gasteiger partial charge in [0.15, 0.2) is 0 Å². The summed E-state index contributed by atoms with van der Waals surface area (Å²) in [5, 5.41) is 2.98. The molecule has 0 aliphatic heterocycles. The number of methoxy groups -OCH3 is 1. The molecular weight excluding hydrogens is 286 g/mol. The Morgan fingerprint density at radius 1 is 1.24 bits per heavy atom. The molecule has 0 spiro atoms. The first-order chi connectivity index (χ1) is 10.2. The predicted octanol–water partition coefficient (Wildman–Crippen LogP) is 3.93. The van der Waals surface area contributed by atoms with E-state index in [4.69, 9.17) is 16.3 Å². The number of carbonyl (C=O) groups excluding carboxylic acids is 1. The molecule has 2 aromatic rings. The highest BCUT2D eigenvalue weighted by atomic mass is 35.5. The van der Waals surface area contributed by atoms with Crippen molar-refractivity contribution in [2.75, 3.05) is 7.11 Å². The summed E-state index contributed by atoms with van der Waals surface area (Å²) in [6.07, 6.45) is 0. The molecule has 0 aliphatic carbocycles. The van der Waals surface area contributed by atoms with Crippen LogP contribution >= 0.6 is 11.6 Å². The molecule has 0 saturated carbocycles. The molecule has 0 radical (unpaired) electrons. The topological polar surface area (TPSA) is 38.3 Å². The molecular formula is C17H18ClNO2. The maximum Gasteiger partial charge on any atom is 0.251 e. The number of amides is 1. The second-order valence-electron chi connectivity index (χ2n) is 4.77. The van der Waals surface area contributed by atoms with Crippen LogP contribution in [-0.4, -0.2) is 13.0 Å². The van der Waals surface area contributed by atoms with E-state index in [2.05, 4.69) is 5.32 Å². The molecule has 110 valence electrons. The van der Waals surface area contributed by atoms with Crippen molar-refractivity contribution in [2.45, 2.75) is 18.8 Å². The van der Waals surface area contributed by atoms with E-state index in [1.54, 1.807) is 19.2 Å². The van der Waals surface area contributed by atoms with Gasteiger partial charge in [0, 0.05) is 17.0 Å². The maximum absolute atomic E-state index is 12.3. The number of hydrogen-bond acceptors (Lipinski definition) is 2. The van der Waals surface area contributed by atoms with Crippen LogP contribution in [0.2, 0.25) is 0 Å². The van der Waals surface area contributed by atoms with Crippen LogP contribution in [0.5, 0.6) is 5.75 Å². The molecule has 0 aliphatic rings. The summed E-state index contributed by atoms with van der Waals surface area (Å²) >= 11 is 5.80. The molecule has 0 heterocycles. The van der Waals surface area contributed by atoms with Gasteiger partial charge in [0.25, 0.3) is 5.91 Å². The number of nitrogens with one attached hydrogen (secondary N) is 1. The third-order valence-electron chi connectivity index (χ3n) is 3.30. The Kier molecular flexibility index (Phi) is 5.23. The van der Waals surface area contributed by atoms with Gasteiger partial charge in [0.1, 0.15) is 5.75 Å². The van der Waals surface area contributed by atoms with Gasteiger partial charge in [0.05, 0.1) is 13.2 Å². The Balaban J connectivity index is 2.15. The number of carbonyl (C=O) groups is 1. The highest BCUT2D eigenvalue weighted by Gasteiger charge is 2.14. The zero-order valence-corrected chi connectivity index (χ0v) is 12.9. The smallest absolute Gasteiger partial charge is 0.251 e. The number of ether oxygens (including phenoxy) is 1. The predicted molar refractivity (Wildman–Crippen MR) is 84.9 cm³/mol. The summed E-state index contributed by atoms with van der Waals surface area (Å²) in [5.41, 5.74) is 2.48. The van der Waals surface area contributed by atoms with Crippen LogP contribution in [0.25, 0.3) is 0 Å². The first-order valence-electron chi connectivity index (χ1n) is 6.74. The Bertz CT molecular complexity index is 628. The van der Waals surface area contributed by atoms with Crippen molar-refractivity contribution in [1.29, 1.82) is 0 Å². The van der Waals surface area contributed by atoms with E-state index < -0.39 is 0 Å². The lowest BCUT2D eigenvalue weighted by atomic mass is 10.1. The van der Waals surface area contributed by atoms with E-state index in [9.17, 15) is 4.79 Å². The molecule has 2 aromatic carbocycles. The first-order valence-corrected chi connectivity index (χ1v) is 7.28. The summed E-state index contributed by atoms with van der Waals surface area (Å²) in [6, 6.07) is 14.8. The molecule has 3 nitrogen and oxygen atoms in total. The number of halogens is 1. The van der Waals surface area contributed by atoms with Gasteiger partial charge in [-0.05, 0) is 30.7 Å². The largest absolute Gasteiger partial charge is 0.496 e. The third-order valence-corrected chi connectivity index (χ3v) is 3.61. The zero-order valence-electron chi connectivity index (χ0n) is 12.1. The van der Waals surface area contributed by atoms with Crippen molar-refractivity contribution in [3.05, 3.63) is 65.2 Å². The van der Waals surface area contributed by atoms with Crippen LogP contribution in [0.3, 0.4) is 0 Å². The molecule has 0 unspecified atom stereocenters. The Hall–Kier alpha value is -2.00. The quantitative estimate of drug-likeness (QED) is 0.850. The minimum Gasteiger partial charge on any atom is -0.496 e. The minimum atomic E-state index is -0.145. The van der Waals surface area contributed by atoms with E-state index in [1.165, 1.54) is 0 Å². The molecule has 4 heteroatoms. The van der Waals surface area contributed by atoms with Gasteiger partial charge in [-0.25, -0.2) is 0 Å². The van der Waals surface area contributed by atoms with Crippen molar-refractivity contribution in [3.63, 3.8) is 0 Å². The zero-order chi connectivity index (χ0) is 15.2. The Morgan fingerprint density at radius 2 is 2.00 bits per heavy atom. The lowest BCUT2D eigenvalue weighted by Crippen LogP contribution is -2.27. The van der Waals surface area contributed by atoms with Crippen molar-refractivity contribution < 1.29 is 9.53 Å². The number of rotatable bonds is 5. The molecule has 2 rings (SSSR count). The van der Waals surface area contributed by atoms with Gasteiger partial charge in [-0.15, -0.1) is 11.6 Å². The fourth-order valence-electron chi connectivity index (χ4n) is 2.18. The fraction of sp³-hybridized carbons (Fsp3) is 0.235. The SMILES string of the molecule is COc1ccccc1[C@@H](C)NC(=O)c1cccc(CCl)c1. The fourth-order valence-corrected chi connectivity index (χ4v) is 2.34. The van der Waals surface area contributed by atoms with Crippen molar-refractivity contribution in [3.8, 4) is 5.75 Å². The summed E-state index contributed by atoms with van der Waals surface area (Å²) in [5.74, 6) is 1.03. The Morgan fingerprint density at radius 3 is 2.71 bits per heavy atom. The molecule has 1 N–H and O–H groups in total.